The van der Waals surface area contributed by atoms with Gasteiger partial charge in [-0.3, -0.25) is 0 Å². The van der Waals surface area contributed by atoms with E-state index in [0.717, 1.165) is 37.4 Å². The maximum atomic E-state index is 12.3. The molecule has 0 aliphatic carbocycles. The summed E-state index contributed by atoms with van der Waals surface area (Å²) in [6, 6.07) is 15.4. The molecule has 2 N–H and O–H groups in total. The predicted octanol–water partition coefficient (Wildman–Crippen LogP) is 2.42. The van der Waals surface area contributed by atoms with Gasteiger partial charge in [-0.25, -0.2) is 8.42 Å². The van der Waals surface area contributed by atoms with Gasteiger partial charge in [-0.05, 0) is 30.8 Å². The van der Waals surface area contributed by atoms with Crippen molar-refractivity contribution in [3.63, 3.8) is 0 Å². The SMILES string of the molecule is CN1CCN(c2ccc(C=NN=C(N)SCc3ccccc3)c(S(C)(=O)=O)c2)CC1. The lowest BCUT2D eigenvalue weighted by Crippen LogP contribution is -2.44. The third kappa shape index (κ3) is 6.32. The van der Waals surface area contributed by atoms with Crippen LogP contribution in [-0.4, -0.2) is 64.2 Å². The number of hydrogen-bond donors (Lipinski definition) is 1. The zero-order valence-corrected chi connectivity index (χ0v) is 18.9. The number of nitrogens with two attached hydrogens (primary N) is 1. The number of piperazine rings is 1. The molecule has 0 atom stereocenters. The molecule has 1 heterocycles. The zero-order chi connectivity index (χ0) is 21.6. The van der Waals surface area contributed by atoms with Gasteiger partial charge in [0.2, 0.25) is 0 Å². The molecule has 1 saturated heterocycles. The van der Waals surface area contributed by atoms with Crippen LogP contribution >= 0.6 is 11.8 Å². The number of sulfone groups is 1. The van der Waals surface area contributed by atoms with E-state index in [2.05, 4.69) is 27.1 Å². The van der Waals surface area contributed by atoms with Crippen molar-refractivity contribution in [1.82, 2.24) is 4.90 Å². The first kappa shape index (κ1) is 22.3. The average Bonchev–Trinajstić information content (AvgIpc) is 2.73. The Hall–Kier alpha value is -2.36. The number of nitrogens with zero attached hydrogens (tertiary/aromatic N) is 4. The highest BCUT2D eigenvalue weighted by Crippen LogP contribution is 2.24. The van der Waals surface area contributed by atoms with Crippen LogP contribution in [-0.2, 0) is 15.6 Å². The molecule has 1 fully saturated rings. The third-order valence-electron chi connectivity index (χ3n) is 4.85. The Balaban J connectivity index is 1.72. The van der Waals surface area contributed by atoms with Gasteiger partial charge in [0.1, 0.15) is 0 Å². The first-order valence-corrected chi connectivity index (χ1v) is 12.5. The number of rotatable bonds is 6. The highest BCUT2D eigenvalue weighted by Gasteiger charge is 2.18. The van der Waals surface area contributed by atoms with Crippen LogP contribution < -0.4 is 10.6 Å². The molecule has 30 heavy (non-hydrogen) atoms. The molecule has 1 aliphatic rings. The van der Waals surface area contributed by atoms with Crippen LogP contribution in [0.2, 0.25) is 0 Å². The van der Waals surface area contributed by atoms with Gasteiger partial charge in [-0.1, -0.05) is 42.1 Å². The van der Waals surface area contributed by atoms with Crippen molar-refractivity contribution in [2.75, 3.05) is 44.4 Å². The van der Waals surface area contributed by atoms with Crippen LogP contribution in [0.15, 0.2) is 63.6 Å². The minimum Gasteiger partial charge on any atom is -0.377 e. The molecule has 3 rings (SSSR count). The Kier molecular flexibility index (Phi) is 7.52. The standard InChI is InChI=1S/C21H27N5O2S2/c1-25-10-12-26(13-11-25)19-9-8-18(20(14-19)30(2,27)28)15-23-24-21(22)29-16-17-6-4-3-5-7-17/h3-9,14-15H,10-13,16H2,1-2H3,(H2,22,24). The minimum absolute atomic E-state index is 0.244. The van der Waals surface area contributed by atoms with Gasteiger partial charge in [0, 0.05) is 49.4 Å². The highest BCUT2D eigenvalue weighted by atomic mass is 32.2. The quantitative estimate of drug-likeness (QED) is 0.417. The van der Waals surface area contributed by atoms with Crippen molar-refractivity contribution in [3.05, 3.63) is 59.7 Å². The Labute approximate surface area is 182 Å². The fourth-order valence-corrected chi connectivity index (χ4v) is 4.62. The highest BCUT2D eigenvalue weighted by molar-refractivity contribution is 8.13. The van der Waals surface area contributed by atoms with E-state index in [1.54, 1.807) is 12.1 Å². The van der Waals surface area contributed by atoms with Crippen LogP contribution in [0.4, 0.5) is 5.69 Å². The van der Waals surface area contributed by atoms with E-state index >= 15 is 0 Å². The van der Waals surface area contributed by atoms with Crippen LogP contribution in [0.3, 0.4) is 0 Å². The lowest BCUT2D eigenvalue weighted by Gasteiger charge is -2.34. The third-order valence-corrected chi connectivity index (χ3v) is 6.86. The van der Waals surface area contributed by atoms with Crippen molar-refractivity contribution in [2.24, 2.45) is 15.9 Å². The molecule has 0 saturated carbocycles. The van der Waals surface area contributed by atoms with Crippen LogP contribution in [0.5, 0.6) is 0 Å². The predicted molar refractivity (Wildman–Crippen MR) is 126 cm³/mol. The van der Waals surface area contributed by atoms with E-state index in [9.17, 15) is 8.42 Å². The molecule has 0 unspecified atom stereocenters. The number of hydrogen-bond acceptors (Lipinski definition) is 7. The number of likely N-dealkylation sites (N-methyl/N-ethyl adjacent to an activating group) is 1. The number of thioether (sulfide) groups is 1. The smallest absolute Gasteiger partial charge is 0.180 e. The number of benzene rings is 2. The molecule has 0 radical (unpaired) electrons. The minimum atomic E-state index is -3.42. The molecule has 9 heteroatoms. The first-order valence-electron chi connectivity index (χ1n) is 9.64. The summed E-state index contributed by atoms with van der Waals surface area (Å²) in [6.07, 6.45) is 2.65. The Bertz CT molecular complexity index is 1010. The second-order valence-corrected chi connectivity index (χ2v) is 10.2. The van der Waals surface area contributed by atoms with Gasteiger partial charge in [-0.15, -0.1) is 5.10 Å². The molecular formula is C21H27N5O2S2. The van der Waals surface area contributed by atoms with Gasteiger partial charge >= 0.3 is 0 Å². The van der Waals surface area contributed by atoms with E-state index in [1.165, 1.54) is 24.2 Å². The van der Waals surface area contributed by atoms with Crippen LogP contribution in [0.1, 0.15) is 11.1 Å². The fraction of sp³-hybridized carbons (Fsp3) is 0.333. The Morgan fingerprint density at radius 2 is 1.83 bits per heavy atom. The summed E-state index contributed by atoms with van der Waals surface area (Å²) in [5.74, 6) is 0.694. The zero-order valence-electron chi connectivity index (χ0n) is 17.2. The molecule has 160 valence electrons. The maximum Gasteiger partial charge on any atom is 0.180 e. The Morgan fingerprint density at radius 1 is 1.13 bits per heavy atom. The lowest BCUT2D eigenvalue weighted by atomic mass is 10.2. The molecular weight excluding hydrogens is 418 g/mol. The van der Waals surface area contributed by atoms with Gasteiger partial charge in [0.15, 0.2) is 15.0 Å². The molecule has 0 spiro atoms. The molecule has 7 nitrogen and oxygen atoms in total. The number of anilines is 1. The average molecular weight is 446 g/mol. The van der Waals surface area contributed by atoms with Gasteiger partial charge in [-0.2, -0.15) is 5.10 Å². The molecule has 0 bridgehead atoms. The summed E-state index contributed by atoms with van der Waals surface area (Å²) in [5.41, 5.74) is 8.46. The van der Waals surface area contributed by atoms with Crippen LogP contribution in [0, 0.1) is 0 Å². The summed E-state index contributed by atoms with van der Waals surface area (Å²) in [4.78, 5) is 4.70. The second kappa shape index (κ2) is 10.1. The summed E-state index contributed by atoms with van der Waals surface area (Å²) < 4.78 is 24.7. The second-order valence-electron chi connectivity index (χ2n) is 7.24. The van der Waals surface area contributed by atoms with E-state index in [1.807, 2.05) is 36.4 Å². The van der Waals surface area contributed by atoms with E-state index < -0.39 is 9.84 Å². The first-order chi connectivity index (χ1) is 14.3. The molecule has 0 aromatic heterocycles. The lowest BCUT2D eigenvalue weighted by molar-refractivity contribution is 0.313. The van der Waals surface area contributed by atoms with Crippen molar-refractivity contribution < 1.29 is 8.42 Å². The summed E-state index contributed by atoms with van der Waals surface area (Å²) in [7, 11) is -1.33. The van der Waals surface area contributed by atoms with E-state index in [0.29, 0.717) is 16.5 Å². The molecule has 2 aromatic rings. The summed E-state index contributed by atoms with van der Waals surface area (Å²) in [6.45, 7) is 3.64. The molecule has 1 aliphatic heterocycles. The maximum absolute atomic E-state index is 12.3. The molecule has 0 amide bonds. The normalized spacial score (nSPS) is 16.3. The van der Waals surface area contributed by atoms with Crippen molar-refractivity contribution >= 4 is 38.7 Å². The topological polar surface area (TPSA) is 91.4 Å². The fourth-order valence-electron chi connectivity index (χ4n) is 3.12. The number of amidine groups is 1. The summed E-state index contributed by atoms with van der Waals surface area (Å²) in [5, 5.41) is 8.33. The van der Waals surface area contributed by atoms with Crippen molar-refractivity contribution in [3.8, 4) is 0 Å². The van der Waals surface area contributed by atoms with E-state index in [4.69, 9.17) is 5.73 Å². The van der Waals surface area contributed by atoms with Gasteiger partial charge in [0.25, 0.3) is 0 Å². The van der Waals surface area contributed by atoms with Crippen molar-refractivity contribution in [2.45, 2.75) is 10.6 Å². The van der Waals surface area contributed by atoms with Crippen LogP contribution in [0.25, 0.3) is 0 Å². The van der Waals surface area contributed by atoms with Crippen molar-refractivity contribution in [1.29, 1.82) is 0 Å². The monoisotopic (exact) mass is 445 g/mol. The Morgan fingerprint density at radius 3 is 2.50 bits per heavy atom. The molecule has 2 aromatic carbocycles. The largest absolute Gasteiger partial charge is 0.377 e. The summed E-state index contributed by atoms with van der Waals surface area (Å²) >= 11 is 1.38. The van der Waals surface area contributed by atoms with Gasteiger partial charge in [0.05, 0.1) is 11.1 Å². The van der Waals surface area contributed by atoms with Gasteiger partial charge < -0.3 is 15.5 Å². The van der Waals surface area contributed by atoms with E-state index in [-0.39, 0.29) is 4.90 Å².